The topological polar surface area (TPSA) is 55.8 Å². The Labute approximate surface area is 196 Å². The van der Waals surface area contributed by atoms with Crippen molar-refractivity contribution in [1.29, 1.82) is 0 Å². The van der Waals surface area contributed by atoms with Crippen molar-refractivity contribution in [3.05, 3.63) is 83.2 Å². The van der Waals surface area contributed by atoms with Gasteiger partial charge in [-0.1, -0.05) is 24.3 Å². The first kappa shape index (κ1) is 23.8. The van der Waals surface area contributed by atoms with Crippen molar-refractivity contribution < 1.29 is 32.5 Å². The molecule has 1 saturated carbocycles. The summed E-state index contributed by atoms with van der Waals surface area (Å²) in [5, 5.41) is 9.26. The number of aliphatic hydroxyl groups excluding tert-OH is 1. The SMILES string of the molecule is COc1ccc(-c2ccc(OC(=O)c3ccc(C4CCC(CO)CC4)c(F)c3F)cc2)cc1F. The molecule has 0 aliphatic heterocycles. The number of carbonyl (C=O) groups is 1. The van der Waals surface area contributed by atoms with E-state index in [1.807, 2.05) is 0 Å². The third-order valence-electron chi connectivity index (χ3n) is 6.43. The molecule has 0 amide bonds. The van der Waals surface area contributed by atoms with Crippen molar-refractivity contribution >= 4 is 5.97 Å². The number of benzene rings is 3. The molecule has 0 heterocycles. The number of methoxy groups -OCH3 is 1. The van der Waals surface area contributed by atoms with E-state index >= 15 is 0 Å². The second kappa shape index (κ2) is 10.3. The Morgan fingerprint density at radius 2 is 1.59 bits per heavy atom. The fraction of sp³-hybridized carbons (Fsp3) is 0.296. The van der Waals surface area contributed by atoms with E-state index in [9.17, 15) is 23.1 Å². The molecule has 0 atom stereocenters. The summed E-state index contributed by atoms with van der Waals surface area (Å²) < 4.78 is 53.6. The molecular formula is C27H25F3O4. The summed E-state index contributed by atoms with van der Waals surface area (Å²) >= 11 is 0. The van der Waals surface area contributed by atoms with Crippen LogP contribution in [0.1, 0.15) is 47.5 Å². The van der Waals surface area contributed by atoms with E-state index in [2.05, 4.69) is 0 Å². The average molecular weight is 470 g/mol. The highest BCUT2D eigenvalue weighted by Gasteiger charge is 2.27. The fourth-order valence-corrected chi connectivity index (χ4v) is 4.42. The summed E-state index contributed by atoms with van der Waals surface area (Å²) in [6.45, 7) is 0.103. The predicted molar refractivity (Wildman–Crippen MR) is 121 cm³/mol. The number of hydrogen-bond donors (Lipinski definition) is 1. The Balaban J connectivity index is 1.46. The molecule has 34 heavy (non-hydrogen) atoms. The number of hydrogen-bond acceptors (Lipinski definition) is 4. The number of ether oxygens (including phenoxy) is 2. The molecule has 1 aliphatic carbocycles. The van der Waals surface area contributed by atoms with Gasteiger partial charge < -0.3 is 14.6 Å². The maximum Gasteiger partial charge on any atom is 0.346 e. The van der Waals surface area contributed by atoms with Crippen molar-refractivity contribution in [3.8, 4) is 22.6 Å². The van der Waals surface area contributed by atoms with Crippen LogP contribution in [0.4, 0.5) is 13.2 Å². The van der Waals surface area contributed by atoms with Gasteiger partial charge in [0, 0.05) is 6.61 Å². The highest BCUT2D eigenvalue weighted by molar-refractivity contribution is 5.91. The molecule has 0 aromatic heterocycles. The molecule has 1 N–H and O–H groups in total. The summed E-state index contributed by atoms with van der Waals surface area (Å²) in [4.78, 5) is 12.5. The van der Waals surface area contributed by atoms with Crippen molar-refractivity contribution in [1.82, 2.24) is 0 Å². The predicted octanol–water partition coefficient (Wildman–Crippen LogP) is 6.26. The van der Waals surface area contributed by atoms with E-state index in [1.54, 1.807) is 18.2 Å². The van der Waals surface area contributed by atoms with Gasteiger partial charge in [-0.2, -0.15) is 0 Å². The summed E-state index contributed by atoms with van der Waals surface area (Å²) in [5.41, 5.74) is 1.06. The van der Waals surface area contributed by atoms with Crippen LogP contribution in [-0.2, 0) is 0 Å². The summed E-state index contributed by atoms with van der Waals surface area (Å²) in [6, 6.07) is 13.5. The van der Waals surface area contributed by atoms with E-state index < -0.39 is 29.0 Å². The smallest absolute Gasteiger partial charge is 0.346 e. The van der Waals surface area contributed by atoms with Crippen LogP contribution in [0.15, 0.2) is 54.6 Å². The van der Waals surface area contributed by atoms with Gasteiger partial charge in [0.15, 0.2) is 23.2 Å². The van der Waals surface area contributed by atoms with Crippen LogP contribution in [0.5, 0.6) is 11.5 Å². The first-order valence-electron chi connectivity index (χ1n) is 11.2. The van der Waals surface area contributed by atoms with Crippen molar-refractivity contribution in [2.75, 3.05) is 13.7 Å². The molecule has 178 valence electrons. The zero-order chi connectivity index (χ0) is 24.2. The van der Waals surface area contributed by atoms with Crippen LogP contribution in [0.2, 0.25) is 0 Å². The van der Waals surface area contributed by atoms with Gasteiger partial charge in [-0.3, -0.25) is 0 Å². The van der Waals surface area contributed by atoms with E-state index in [1.165, 1.54) is 43.5 Å². The minimum atomic E-state index is -1.22. The number of aliphatic hydroxyl groups is 1. The quantitative estimate of drug-likeness (QED) is 0.341. The minimum absolute atomic E-state index is 0.103. The number of esters is 1. The molecule has 0 saturated heterocycles. The van der Waals surface area contributed by atoms with Crippen LogP contribution in [-0.4, -0.2) is 24.8 Å². The molecule has 4 nitrogen and oxygen atoms in total. The van der Waals surface area contributed by atoms with E-state index in [-0.39, 0.29) is 35.5 Å². The normalized spacial score (nSPS) is 17.9. The maximum atomic E-state index is 14.8. The van der Waals surface area contributed by atoms with Crippen molar-refractivity contribution in [2.45, 2.75) is 31.6 Å². The number of carbonyl (C=O) groups excluding carboxylic acids is 1. The zero-order valence-corrected chi connectivity index (χ0v) is 18.7. The Morgan fingerprint density at radius 3 is 2.21 bits per heavy atom. The second-order valence-electron chi connectivity index (χ2n) is 8.49. The number of halogens is 3. The molecular weight excluding hydrogens is 445 g/mol. The summed E-state index contributed by atoms with van der Waals surface area (Å²) in [5.74, 6) is -3.42. The van der Waals surface area contributed by atoms with Crippen LogP contribution in [0.3, 0.4) is 0 Å². The Bertz CT molecular complexity index is 1170. The lowest BCUT2D eigenvalue weighted by Crippen LogP contribution is -2.18. The highest BCUT2D eigenvalue weighted by atomic mass is 19.2. The fourth-order valence-electron chi connectivity index (χ4n) is 4.42. The zero-order valence-electron chi connectivity index (χ0n) is 18.7. The Morgan fingerprint density at radius 1 is 0.912 bits per heavy atom. The first-order valence-corrected chi connectivity index (χ1v) is 11.2. The van der Waals surface area contributed by atoms with Crippen LogP contribution < -0.4 is 9.47 Å². The first-order chi connectivity index (χ1) is 16.4. The molecule has 3 aromatic rings. The van der Waals surface area contributed by atoms with Crippen molar-refractivity contribution in [2.24, 2.45) is 5.92 Å². The molecule has 4 rings (SSSR count). The van der Waals surface area contributed by atoms with Gasteiger partial charge in [-0.25, -0.2) is 18.0 Å². The second-order valence-corrected chi connectivity index (χ2v) is 8.49. The summed E-state index contributed by atoms with van der Waals surface area (Å²) in [7, 11) is 1.38. The molecule has 0 spiro atoms. The van der Waals surface area contributed by atoms with E-state index in [0.717, 1.165) is 12.8 Å². The largest absolute Gasteiger partial charge is 0.494 e. The highest BCUT2D eigenvalue weighted by Crippen LogP contribution is 2.37. The van der Waals surface area contributed by atoms with Gasteiger partial charge in [-0.05, 0) is 84.5 Å². The molecule has 0 unspecified atom stereocenters. The van der Waals surface area contributed by atoms with E-state index in [4.69, 9.17) is 9.47 Å². The minimum Gasteiger partial charge on any atom is -0.494 e. The van der Waals surface area contributed by atoms with Crippen LogP contribution >= 0.6 is 0 Å². The monoisotopic (exact) mass is 470 g/mol. The van der Waals surface area contributed by atoms with E-state index in [0.29, 0.717) is 24.0 Å². The maximum absolute atomic E-state index is 14.8. The molecule has 1 fully saturated rings. The molecule has 0 radical (unpaired) electrons. The molecule has 3 aromatic carbocycles. The lowest BCUT2D eigenvalue weighted by Gasteiger charge is -2.28. The molecule has 7 heteroatoms. The lowest BCUT2D eigenvalue weighted by molar-refractivity contribution is 0.0728. The number of rotatable bonds is 6. The average Bonchev–Trinajstić information content (AvgIpc) is 2.86. The third-order valence-corrected chi connectivity index (χ3v) is 6.43. The van der Waals surface area contributed by atoms with Crippen LogP contribution in [0, 0.1) is 23.4 Å². The molecule has 0 bridgehead atoms. The summed E-state index contributed by atoms with van der Waals surface area (Å²) in [6.07, 6.45) is 2.84. The Hall–Kier alpha value is -3.32. The van der Waals surface area contributed by atoms with Gasteiger partial charge in [0.1, 0.15) is 5.75 Å². The van der Waals surface area contributed by atoms with Crippen molar-refractivity contribution in [3.63, 3.8) is 0 Å². The van der Waals surface area contributed by atoms with Gasteiger partial charge in [-0.15, -0.1) is 0 Å². The molecule has 1 aliphatic rings. The standard InChI is InChI=1S/C27H25F3O4/c1-33-24-13-8-19(14-23(24)28)17-6-9-20(10-7-17)34-27(32)22-12-11-21(25(29)26(22)30)18-4-2-16(15-31)3-5-18/h6-14,16,18,31H,2-5,15H2,1H3. The van der Waals surface area contributed by atoms with Gasteiger partial charge in [0.05, 0.1) is 12.7 Å². The van der Waals surface area contributed by atoms with Gasteiger partial charge in [0.25, 0.3) is 0 Å². The third kappa shape index (κ3) is 4.94. The van der Waals surface area contributed by atoms with Gasteiger partial charge >= 0.3 is 5.97 Å². The lowest BCUT2D eigenvalue weighted by atomic mass is 9.78. The Kier molecular flexibility index (Phi) is 7.22. The van der Waals surface area contributed by atoms with Crippen LogP contribution in [0.25, 0.3) is 11.1 Å². The van der Waals surface area contributed by atoms with Gasteiger partial charge in [0.2, 0.25) is 0 Å².